The van der Waals surface area contributed by atoms with E-state index in [-0.39, 0.29) is 0 Å². The summed E-state index contributed by atoms with van der Waals surface area (Å²) in [5, 5.41) is 0. The van der Waals surface area contributed by atoms with Crippen molar-refractivity contribution >= 4 is 28.6 Å². The van der Waals surface area contributed by atoms with Crippen molar-refractivity contribution in [1.82, 2.24) is 0 Å². The first-order chi connectivity index (χ1) is 5.38. The van der Waals surface area contributed by atoms with E-state index in [0.717, 1.165) is 6.42 Å². The van der Waals surface area contributed by atoms with Crippen LogP contribution in [-0.2, 0) is 6.42 Å². The van der Waals surface area contributed by atoms with Crippen molar-refractivity contribution in [3.8, 4) is 0 Å². The third kappa shape index (κ3) is 1.27. The lowest BCUT2D eigenvalue weighted by Gasteiger charge is -2.19. The Kier molecular flexibility index (Phi) is 1.85. The summed E-state index contributed by atoms with van der Waals surface area (Å²) in [4.78, 5) is 0. The lowest BCUT2D eigenvalue weighted by molar-refractivity contribution is 1.20. The molecule has 0 spiro atoms. The number of fused-ring (bicyclic) bond motifs is 1. The van der Waals surface area contributed by atoms with Crippen molar-refractivity contribution in [3.05, 3.63) is 42.1 Å². The number of nitrogens with zero attached hydrogens (tertiary/aromatic N) is 1. The molecule has 0 N–H and O–H groups in total. The predicted molar refractivity (Wildman–Crippen MR) is 55.8 cm³/mol. The van der Waals surface area contributed by atoms with Crippen molar-refractivity contribution in [2.24, 2.45) is 0 Å². The molecule has 1 aromatic rings. The van der Waals surface area contributed by atoms with Gasteiger partial charge >= 0.3 is 0 Å². The molecule has 0 radical (unpaired) electrons. The van der Waals surface area contributed by atoms with Crippen LogP contribution in [0.25, 0.3) is 0 Å². The summed E-state index contributed by atoms with van der Waals surface area (Å²) < 4.78 is 2.12. The number of allylic oxidation sites excluding steroid dienone is 1. The highest BCUT2D eigenvalue weighted by Crippen LogP contribution is 2.27. The summed E-state index contributed by atoms with van der Waals surface area (Å²) in [5.74, 6) is 0. The maximum Gasteiger partial charge on any atom is 0.0640 e. The molecule has 0 saturated carbocycles. The van der Waals surface area contributed by atoms with Crippen LogP contribution < -0.4 is 3.11 Å². The van der Waals surface area contributed by atoms with E-state index in [1.165, 1.54) is 11.3 Å². The van der Waals surface area contributed by atoms with E-state index in [2.05, 4.69) is 62.5 Å². The normalized spacial score (nSPS) is 14.8. The Labute approximate surface area is 80.2 Å². The van der Waals surface area contributed by atoms with Crippen LogP contribution in [0.1, 0.15) is 5.56 Å². The van der Waals surface area contributed by atoms with E-state index in [1.807, 2.05) is 0 Å². The quantitative estimate of drug-likeness (QED) is 0.510. The Bertz CT molecular complexity index is 293. The second-order valence-electron chi connectivity index (χ2n) is 2.53. The molecule has 2 rings (SSSR count). The van der Waals surface area contributed by atoms with Crippen molar-refractivity contribution in [3.63, 3.8) is 0 Å². The molecule has 0 unspecified atom stereocenters. The molecule has 1 aliphatic heterocycles. The fourth-order valence-corrected chi connectivity index (χ4v) is 1.94. The molecule has 0 bridgehead atoms. The average molecular weight is 257 g/mol. The molecule has 1 aliphatic rings. The van der Waals surface area contributed by atoms with Gasteiger partial charge in [0.2, 0.25) is 0 Å². The van der Waals surface area contributed by atoms with Crippen molar-refractivity contribution in [1.29, 1.82) is 0 Å². The Morgan fingerprint density at radius 3 is 2.91 bits per heavy atom. The van der Waals surface area contributed by atoms with Crippen LogP contribution in [0, 0.1) is 0 Å². The van der Waals surface area contributed by atoms with Gasteiger partial charge in [0.1, 0.15) is 0 Å². The Balaban J connectivity index is 2.50. The molecule has 1 aromatic carbocycles. The molecule has 0 saturated heterocycles. The van der Waals surface area contributed by atoms with Gasteiger partial charge in [0.05, 0.1) is 28.6 Å². The second-order valence-corrected chi connectivity index (χ2v) is 3.57. The summed E-state index contributed by atoms with van der Waals surface area (Å²) in [7, 11) is 0. The Morgan fingerprint density at radius 1 is 1.27 bits per heavy atom. The monoisotopic (exact) mass is 257 g/mol. The topological polar surface area (TPSA) is 3.24 Å². The lowest BCUT2D eigenvalue weighted by atomic mass is 10.1. The van der Waals surface area contributed by atoms with Crippen LogP contribution in [0.4, 0.5) is 5.69 Å². The van der Waals surface area contributed by atoms with E-state index in [1.54, 1.807) is 0 Å². The highest BCUT2D eigenvalue weighted by Gasteiger charge is 2.07. The predicted octanol–water partition coefficient (Wildman–Crippen LogP) is 2.91. The third-order valence-electron chi connectivity index (χ3n) is 1.80. The largest absolute Gasteiger partial charge is 0.290 e. The van der Waals surface area contributed by atoms with E-state index in [4.69, 9.17) is 0 Å². The minimum Gasteiger partial charge on any atom is -0.290 e. The second kappa shape index (κ2) is 2.85. The molecule has 56 valence electrons. The average Bonchev–Trinajstić information content (AvgIpc) is 2.06. The van der Waals surface area contributed by atoms with E-state index in [9.17, 15) is 0 Å². The van der Waals surface area contributed by atoms with Gasteiger partial charge in [-0.05, 0) is 18.1 Å². The van der Waals surface area contributed by atoms with Gasteiger partial charge < -0.3 is 0 Å². The number of hydrogen-bond donors (Lipinski definition) is 0. The molecular formula is C9H8IN. The molecule has 0 aliphatic carbocycles. The maximum atomic E-state index is 2.29. The molecule has 1 heterocycles. The zero-order valence-electron chi connectivity index (χ0n) is 6.00. The molecule has 11 heavy (non-hydrogen) atoms. The molecule has 2 heteroatoms. The SMILES string of the molecule is IN1C=CCc2ccccc21. The van der Waals surface area contributed by atoms with Crippen LogP contribution in [-0.4, -0.2) is 0 Å². The van der Waals surface area contributed by atoms with Gasteiger partial charge in [-0.15, -0.1) is 0 Å². The number of benzene rings is 1. The summed E-state index contributed by atoms with van der Waals surface area (Å²) >= 11 is 2.29. The fraction of sp³-hybridized carbons (Fsp3) is 0.111. The smallest absolute Gasteiger partial charge is 0.0640 e. The van der Waals surface area contributed by atoms with E-state index >= 15 is 0 Å². The van der Waals surface area contributed by atoms with E-state index < -0.39 is 0 Å². The van der Waals surface area contributed by atoms with Crippen LogP contribution >= 0.6 is 22.9 Å². The molecule has 1 nitrogen and oxygen atoms in total. The van der Waals surface area contributed by atoms with Gasteiger partial charge in [-0.1, -0.05) is 24.3 Å². The highest BCUT2D eigenvalue weighted by atomic mass is 127. The van der Waals surface area contributed by atoms with Crippen LogP contribution in [0.15, 0.2) is 36.5 Å². The number of anilines is 1. The Hall–Kier alpha value is -0.510. The van der Waals surface area contributed by atoms with Crippen molar-refractivity contribution in [2.75, 3.05) is 3.11 Å². The molecular weight excluding hydrogens is 249 g/mol. The minimum absolute atomic E-state index is 1.07. The van der Waals surface area contributed by atoms with Gasteiger partial charge in [-0.25, -0.2) is 0 Å². The lowest BCUT2D eigenvalue weighted by Crippen LogP contribution is -2.06. The summed E-state index contributed by atoms with van der Waals surface area (Å²) in [6.07, 6.45) is 5.34. The first-order valence-electron chi connectivity index (χ1n) is 3.57. The number of halogens is 1. The van der Waals surface area contributed by atoms with Crippen molar-refractivity contribution < 1.29 is 0 Å². The molecule has 0 aromatic heterocycles. The van der Waals surface area contributed by atoms with Crippen LogP contribution in [0.2, 0.25) is 0 Å². The zero-order chi connectivity index (χ0) is 7.68. The first kappa shape index (κ1) is 7.16. The molecule has 0 amide bonds. The first-order valence-corrected chi connectivity index (χ1v) is 4.54. The third-order valence-corrected chi connectivity index (χ3v) is 2.64. The van der Waals surface area contributed by atoms with Gasteiger partial charge in [-0.3, -0.25) is 3.11 Å². The van der Waals surface area contributed by atoms with Gasteiger partial charge in [-0.2, -0.15) is 0 Å². The Morgan fingerprint density at radius 2 is 2.09 bits per heavy atom. The minimum atomic E-state index is 1.07. The summed E-state index contributed by atoms with van der Waals surface area (Å²) in [5.41, 5.74) is 2.72. The molecule has 0 fully saturated rings. The standard InChI is InChI=1S/C9H8IN/c10-11-7-3-5-8-4-1-2-6-9(8)11/h1-4,6-7H,5H2. The van der Waals surface area contributed by atoms with Crippen molar-refractivity contribution in [2.45, 2.75) is 6.42 Å². The number of rotatable bonds is 0. The summed E-state index contributed by atoms with van der Waals surface area (Å²) in [6, 6.07) is 8.47. The summed E-state index contributed by atoms with van der Waals surface area (Å²) in [6.45, 7) is 0. The fourth-order valence-electron chi connectivity index (χ4n) is 1.24. The molecule has 0 atom stereocenters. The maximum absolute atomic E-state index is 2.29. The van der Waals surface area contributed by atoms with Crippen LogP contribution in [0.3, 0.4) is 0 Å². The zero-order valence-corrected chi connectivity index (χ0v) is 8.15. The van der Waals surface area contributed by atoms with Crippen LogP contribution in [0.5, 0.6) is 0 Å². The van der Waals surface area contributed by atoms with Gasteiger partial charge in [0, 0.05) is 6.20 Å². The number of hydrogen-bond acceptors (Lipinski definition) is 1. The van der Waals surface area contributed by atoms with E-state index in [0.29, 0.717) is 0 Å². The van der Waals surface area contributed by atoms with Gasteiger partial charge in [0.25, 0.3) is 0 Å². The highest BCUT2D eigenvalue weighted by molar-refractivity contribution is 14.1. The number of para-hydroxylation sites is 1. The van der Waals surface area contributed by atoms with Gasteiger partial charge in [0.15, 0.2) is 0 Å².